The summed E-state index contributed by atoms with van der Waals surface area (Å²) in [6.07, 6.45) is 1.99. The van der Waals surface area contributed by atoms with Crippen LogP contribution < -0.4 is 0 Å². The van der Waals surface area contributed by atoms with Crippen LogP contribution in [0.25, 0.3) is 11.2 Å². The van der Waals surface area contributed by atoms with Gasteiger partial charge < -0.3 is 4.98 Å². The van der Waals surface area contributed by atoms with E-state index in [1.165, 1.54) is 12.1 Å². The van der Waals surface area contributed by atoms with E-state index in [0.717, 1.165) is 5.56 Å². The zero-order chi connectivity index (χ0) is 15.0. The number of fused-ring (bicyclic) bond motifs is 1. The number of aromatic amines is 1. The molecule has 0 unspecified atom stereocenters. The summed E-state index contributed by atoms with van der Waals surface area (Å²) in [5.41, 5.74) is 1.38. The molecule has 3 aromatic rings. The van der Waals surface area contributed by atoms with Crippen LogP contribution in [0.1, 0.15) is 16.1 Å². The van der Waals surface area contributed by atoms with Gasteiger partial charge in [0.15, 0.2) is 17.0 Å². The second-order valence-corrected chi connectivity index (χ2v) is 6.43. The molecule has 0 saturated heterocycles. The Morgan fingerprint density at radius 1 is 1.19 bits per heavy atom. The van der Waals surface area contributed by atoms with E-state index in [-0.39, 0.29) is 15.6 Å². The number of nitrogens with one attached hydrogen (secondary N) is 1. The van der Waals surface area contributed by atoms with Crippen LogP contribution >= 0.6 is 0 Å². The fraction of sp³-hybridized carbons (Fsp3) is 0.0714. The Balaban J connectivity index is 2.29. The monoisotopic (exact) mass is 301 g/mol. The number of hydrogen-bond acceptors (Lipinski definition) is 5. The molecule has 0 fully saturated rings. The van der Waals surface area contributed by atoms with Crippen molar-refractivity contribution in [2.45, 2.75) is 16.8 Å². The number of H-pyrrole nitrogens is 1. The minimum Gasteiger partial charge on any atom is -0.345 e. The number of benzene rings is 1. The zero-order valence-corrected chi connectivity index (χ0v) is 11.9. The molecule has 0 bridgehead atoms. The van der Waals surface area contributed by atoms with E-state index in [9.17, 15) is 13.2 Å². The van der Waals surface area contributed by atoms with Gasteiger partial charge in [0.05, 0.1) is 4.90 Å². The number of hydrogen-bond donors (Lipinski definition) is 1. The first kappa shape index (κ1) is 13.4. The molecule has 0 aliphatic rings. The predicted octanol–water partition coefficient (Wildman–Crippen LogP) is 1.91. The van der Waals surface area contributed by atoms with Crippen LogP contribution in [0.15, 0.2) is 46.5 Å². The van der Waals surface area contributed by atoms with Gasteiger partial charge in [0.1, 0.15) is 11.2 Å². The molecule has 3 rings (SSSR count). The first-order valence-electron chi connectivity index (χ1n) is 6.14. The standard InChI is InChI=1S/C14H11N3O3S/c1-9-3-2-4-10(7-9)21(19,20)14-12(8-18)16-11-5-6-15-13(11)17-14/h2-8H,1H3,(H,15,17). The van der Waals surface area contributed by atoms with Crippen molar-refractivity contribution in [3.8, 4) is 0 Å². The second kappa shape index (κ2) is 4.78. The molecule has 2 aromatic heterocycles. The van der Waals surface area contributed by atoms with Gasteiger partial charge in [-0.3, -0.25) is 4.79 Å². The lowest BCUT2D eigenvalue weighted by Gasteiger charge is -2.06. The maximum atomic E-state index is 12.7. The van der Waals surface area contributed by atoms with Gasteiger partial charge >= 0.3 is 0 Å². The van der Waals surface area contributed by atoms with Gasteiger partial charge in [0, 0.05) is 6.20 Å². The van der Waals surface area contributed by atoms with Crippen molar-refractivity contribution in [2.75, 3.05) is 0 Å². The van der Waals surface area contributed by atoms with Crippen molar-refractivity contribution < 1.29 is 13.2 Å². The van der Waals surface area contributed by atoms with Crippen molar-refractivity contribution in [3.63, 3.8) is 0 Å². The summed E-state index contributed by atoms with van der Waals surface area (Å²) in [6.45, 7) is 1.79. The van der Waals surface area contributed by atoms with E-state index in [1.807, 2.05) is 0 Å². The highest BCUT2D eigenvalue weighted by molar-refractivity contribution is 7.91. The summed E-state index contributed by atoms with van der Waals surface area (Å²) in [5, 5.41) is -0.335. The molecule has 0 aliphatic heterocycles. The Bertz CT molecular complexity index is 945. The highest BCUT2D eigenvalue weighted by atomic mass is 32.2. The molecular weight excluding hydrogens is 290 g/mol. The lowest BCUT2D eigenvalue weighted by atomic mass is 10.2. The Labute approximate surface area is 120 Å². The molecule has 0 radical (unpaired) electrons. The largest absolute Gasteiger partial charge is 0.345 e. The van der Waals surface area contributed by atoms with Gasteiger partial charge in [0.2, 0.25) is 9.84 Å². The minimum atomic E-state index is -3.90. The van der Waals surface area contributed by atoms with Crippen molar-refractivity contribution >= 4 is 27.3 Å². The van der Waals surface area contributed by atoms with Crippen LogP contribution in [0.3, 0.4) is 0 Å². The number of carbonyl (C=O) groups is 1. The molecule has 1 aromatic carbocycles. The minimum absolute atomic E-state index is 0.0887. The quantitative estimate of drug-likeness (QED) is 0.746. The summed E-state index contributed by atoms with van der Waals surface area (Å²) in [4.78, 5) is 22.1. The summed E-state index contributed by atoms with van der Waals surface area (Å²) >= 11 is 0. The van der Waals surface area contributed by atoms with E-state index in [2.05, 4.69) is 15.0 Å². The molecule has 0 atom stereocenters. The number of sulfone groups is 1. The Hall–Kier alpha value is -2.54. The Morgan fingerprint density at radius 3 is 2.71 bits per heavy atom. The van der Waals surface area contributed by atoms with Crippen molar-refractivity contribution in [1.82, 2.24) is 15.0 Å². The van der Waals surface area contributed by atoms with Gasteiger partial charge in [-0.25, -0.2) is 18.4 Å². The third-order valence-electron chi connectivity index (χ3n) is 3.04. The van der Waals surface area contributed by atoms with Crippen LogP contribution in [-0.2, 0) is 9.84 Å². The molecule has 6 nitrogen and oxygen atoms in total. The number of carbonyl (C=O) groups excluding carboxylic acids is 1. The topological polar surface area (TPSA) is 92.8 Å². The summed E-state index contributed by atoms with van der Waals surface area (Å²) in [5.74, 6) is 0. The predicted molar refractivity (Wildman–Crippen MR) is 75.9 cm³/mol. The maximum Gasteiger partial charge on any atom is 0.226 e. The summed E-state index contributed by atoms with van der Waals surface area (Å²) in [7, 11) is -3.90. The third kappa shape index (κ3) is 2.21. The highest BCUT2D eigenvalue weighted by Crippen LogP contribution is 2.23. The van der Waals surface area contributed by atoms with Gasteiger partial charge in [-0.1, -0.05) is 12.1 Å². The second-order valence-electron chi connectivity index (χ2n) is 4.56. The van der Waals surface area contributed by atoms with E-state index >= 15 is 0 Å². The fourth-order valence-electron chi connectivity index (χ4n) is 2.04. The normalized spacial score (nSPS) is 11.7. The maximum absolute atomic E-state index is 12.7. The van der Waals surface area contributed by atoms with E-state index in [4.69, 9.17) is 0 Å². The van der Waals surface area contributed by atoms with Crippen LogP contribution in [-0.4, -0.2) is 29.7 Å². The zero-order valence-electron chi connectivity index (χ0n) is 11.1. The molecule has 21 heavy (non-hydrogen) atoms. The van der Waals surface area contributed by atoms with Crippen LogP contribution in [0.4, 0.5) is 0 Å². The SMILES string of the molecule is Cc1cccc(S(=O)(=O)c2nc3[nH]ccc3nc2C=O)c1. The highest BCUT2D eigenvalue weighted by Gasteiger charge is 2.25. The van der Waals surface area contributed by atoms with E-state index in [1.54, 1.807) is 31.3 Å². The molecular formula is C14H11N3O3S. The fourth-order valence-corrected chi connectivity index (χ4v) is 3.44. The van der Waals surface area contributed by atoms with Gasteiger partial charge in [-0.2, -0.15) is 0 Å². The Kier molecular flexibility index (Phi) is 3.06. The lowest BCUT2D eigenvalue weighted by molar-refractivity contribution is 0.111. The van der Waals surface area contributed by atoms with Crippen molar-refractivity contribution in [3.05, 3.63) is 47.8 Å². The molecule has 0 saturated carbocycles. The summed E-state index contributed by atoms with van der Waals surface area (Å²) < 4.78 is 25.3. The third-order valence-corrected chi connectivity index (χ3v) is 4.73. The first-order chi connectivity index (χ1) is 10.0. The van der Waals surface area contributed by atoms with E-state index < -0.39 is 9.84 Å². The van der Waals surface area contributed by atoms with Crippen LogP contribution in [0.2, 0.25) is 0 Å². The van der Waals surface area contributed by atoms with Crippen molar-refractivity contribution in [1.29, 1.82) is 0 Å². The number of rotatable bonds is 3. The van der Waals surface area contributed by atoms with Gasteiger partial charge in [-0.15, -0.1) is 0 Å². The van der Waals surface area contributed by atoms with Crippen LogP contribution in [0.5, 0.6) is 0 Å². The number of aromatic nitrogens is 3. The number of nitrogens with zero attached hydrogens (tertiary/aromatic N) is 2. The average molecular weight is 301 g/mol. The van der Waals surface area contributed by atoms with Gasteiger partial charge in [-0.05, 0) is 30.7 Å². The lowest BCUT2D eigenvalue weighted by Crippen LogP contribution is -2.10. The smallest absolute Gasteiger partial charge is 0.226 e. The number of aryl methyl sites for hydroxylation is 1. The average Bonchev–Trinajstić information content (AvgIpc) is 2.93. The summed E-state index contributed by atoms with van der Waals surface area (Å²) in [6, 6.07) is 8.06. The first-order valence-corrected chi connectivity index (χ1v) is 7.63. The molecule has 0 amide bonds. The number of aldehydes is 1. The molecule has 106 valence electrons. The van der Waals surface area contributed by atoms with Gasteiger partial charge in [0.25, 0.3) is 0 Å². The van der Waals surface area contributed by atoms with E-state index in [0.29, 0.717) is 17.5 Å². The van der Waals surface area contributed by atoms with Crippen molar-refractivity contribution in [2.24, 2.45) is 0 Å². The Morgan fingerprint density at radius 2 is 2.00 bits per heavy atom. The van der Waals surface area contributed by atoms with Crippen LogP contribution in [0, 0.1) is 6.92 Å². The molecule has 0 aliphatic carbocycles. The molecule has 0 spiro atoms. The molecule has 1 N–H and O–H groups in total. The molecule has 2 heterocycles. The molecule has 7 heteroatoms.